The zero-order chi connectivity index (χ0) is 13.8. The minimum atomic E-state index is -1.01. The largest absolute Gasteiger partial charge is 0.480 e. The number of hydrogen-bond donors (Lipinski definition) is 1. The molecule has 0 fully saturated rings. The van der Waals surface area contributed by atoms with Gasteiger partial charge in [0.05, 0.1) is 5.69 Å². The van der Waals surface area contributed by atoms with Crippen LogP contribution in [0.3, 0.4) is 0 Å². The lowest BCUT2D eigenvalue weighted by atomic mass is 10.3. The molecular weight excluding hydrogens is 264 g/mol. The Balaban J connectivity index is 2.29. The Labute approximate surface area is 114 Å². The highest BCUT2D eigenvalue weighted by Gasteiger charge is 2.21. The molecule has 0 unspecified atom stereocenters. The van der Waals surface area contributed by atoms with Gasteiger partial charge in [0, 0.05) is 18.9 Å². The monoisotopic (exact) mass is 278 g/mol. The molecule has 5 nitrogen and oxygen atoms in total. The van der Waals surface area contributed by atoms with Crippen molar-refractivity contribution in [3.8, 4) is 5.69 Å². The summed E-state index contributed by atoms with van der Waals surface area (Å²) in [7, 11) is 0. The molecule has 0 saturated heterocycles. The van der Waals surface area contributed by atoms with Crippen LogP contribution in [-0.4, -0.2) is 39.5 Å². The molecular formula is C13H14N2O3S. The van der Waals surface area contributed by atoms with Gasteiger partial charge in [-0.1, -0.05) is 0 Å². The number of amides is 1. The fourth-order valence-electron chi connectivity index (χ4n) is 1.80. The molecule has 0 saturated carbocycles. The van der Waals surface area contributed by atoms with Gasteiger partial charge in [-0.25, -0.2) is 0 Å². The first-order chi connectivity index (χ1) is 9.13. The molecule has 1 amide bonds. The average molecular weight is 278 g/mol. The van der Waals surface area contributed by atoms with E-state index in [2.05, 4.69) is 0 Å². The van der Waals surface area contributed by atoms with Gasteiger partial charge >= 0.3 is 5.97 Å². The van der Waals surface area contributed by atoms with Crippen LogP contribution in [0.25, 0.3) is 5.69 Å². The first-order valence-corrected chi connectivity index (χ1v) is 6.73. The molecule has 6 heteroatoms. The van der Waals surface area contributed by atoms with Gasteiger partial charge < -0.3 is 14.6 Å². The molecule has 0 aromatic carbocycles. The number of nitrogens with zero attached hydrogens (tertiary/aromatic N) is 2. The highest BCUT2D eigenvalue weighted by molar-refractivity contribution is 7.12. The molecule has 2 aromatic heterocycles. The lowest BCUT2D eigenvalue weighted by Crippen LogP contribution is -2.35. The Bertz CT molecular complexity index is 574. The predicted octanol–water partition coefficient (Wildman–Crippen LogP) is 2.09. The highest BCUT2D eigenvalue weighted by atomic mass is 32.1. The number of hydrogen-bond acceptors (Lipinski definition) is 3. The van der Waals surface area contributed by atoms with E-state index in [4.69, 9.17) is 5.11 Å². The molecule has 0 bridgehead atoms. The number of rotatable bonds is 5. The molecule has 2 aromatic rings. The lowest BCUT2D eigenvalue weighted by molar-refractivity contribution is -0.137. The molecule has 0 aliphatic heterocycles. The standard InChI is InChI=1S/C13H14N2O3S/c1-2-14(9-11(16)17)13(18)12-10(5-8-19-12)15-6-3-4-7-15/h3-8H,2,9H2,1H3,(H,16,17). The molecule has 0 aliphatic carbocycles. The van der Waals surface area contributed by atoms with Gasteiger partial charge in [-0.2, -0.15) is 0 Å². The summed E-state index contributed by atoms with van der Waals surface area (Å²) in [5.41, 5.74) is 0.781. The minimum absolute atomic E-state index is 0.247. The quantitative estimate of drug-likeness (QED) is 0.911. The third-order valence-electron chi connectivity index (χ3n) is 2.72. The van der Waals surface area contributed by atoms with Crippen LogP contribution in [0.4, 0.5) is 0 Å². The minimum Gasteiger partial charge on any atom is -0.480 e. The van der Waals surface area contributed by atoms with Crippen molar-refractivity contribution >= 4 is 23.2 Å². The molecule has 2 rings (SSSR count). The van der Waals surface area contributed by atoms with Crippen LogP contribution in [0.15, 0.2) is 36.0 Å². The Hall–Kier alpha value is -2.08. The number of aromatic nitrogens is 1. The summed E-state index contributed by atoms with van der Waals surface area (Å²) >= 11 is 1.32. The summed E-state index contributed by atoms with van der Waals surface area (Å²) in [4.78, 5) is 25.0. The van der Waals surface area contributed by atoms with Gasteiger partial charge in [0.25, 0.3) is 5.91 Å². The molecule has 100 valence electrons. The van der Waals surface area contributed by atoms with Crippen molar-refractivity contribution in [3.05, 3.63) is 40.8 Å². The summed E-state index contributed by atoms with van der Waals surface area (Å²) < 4.78 is 1.85. The van der Waals surface area contributed by atoms with E-state index in [1.165, 1.54) is 16.2 Å². The van der Waals surface area contributed by atoms with Gasteiger partial charge in [-0.3, -0.25) is 9.59 Å². The maximum atomic E-state index is 12.3. The summed E-state index contributed by atoms with van der Waals surface area (Å²) in [6.45, 7) is 1.86. The van der Waals surface area contributed by atoms with E-state index >= 15 is 0 Å². The summed E-state index contributed by atoms with van der Waals surface area (Å²) in [6.07, 6.45) is 3.71. The number of likely N-dealkylation sites (N-methyl/N-ethyl adjacent to an activating group) is 1. The van der Waals surface area contributed by atoms with Crippen LogP contribution in [0, 0.1) is 0 Å². The van der Waals surface area contributed by atoms with Crippen LogP contribution in [-0.2, 0) is 4.79 Å². The predicted molar refractivity (Wildman–Crippen MR) is 72.9 cm³/mol. The number of thiophene rings is 1. The third kappa shape index (κ3) is 2.85. The smallest absolute Gasteiger partial charge is 0.323 e. The van der Waals surface area contributed by atoms with Crippen molar-refractivity contribution in [2.45, 2.75) is 6.92 Å². The van der Waals surface area contributed by atoms with Gasteiger partial charge in [-0.05, 0) is 30.5 Å². The van der Waals surface area contributed by atoms with E-state index in [1.807, 2.05) is 40.5 Å². The molecule has 0 spiro atoms. The number of carboxylic acid groups (broad SMARTS) is 1. The maximum Gasteiger partial charge on any atom is 0.323 e. The second kappa shape index (κ2) is 5.71. The van der Waals surface area contributed by atoms with Crippen molar-refractivity contribution in [1.82, 2.24) is 9.47 Å². The Morgan fingerprint density at radius 1 is 1.37 bits per heavy atom. The topological polar surface area (TPSA) is 62.5 Å². The number of carbonyl (C=O) groups excluding carboxylic acids is 1. The Morgan fingerprint density at radius 2 is 2.05 bits per heavy atom. The molecule has 0 radical (unpaired) electrons. The van der Waals surface area contributed by atoms with Crippen molar-refractivity contribution in [3.63, 3.8) is 0 Å². The second-order valence-corrected chi connectivity index (χ2v) is 4.85. The van der Waals surface area contributed by atoms with Crippen molar-refractivity contribution in [1.29, 1.82) is 0 Å². The Kier molecular flexibility index (Phi) is 4.01. The van der Waals surface area contributed by atoms with Gasteiger partial charge in [0.15, 0.2) is 0 Å². The molecule has 2 heterocycles. The van der Waals surface area contributed by atoms with Crippen LogP contribution in [0.2, 0.25) is 0 Å². The van der Waals surface area contributed by atoms with E-state index < -0.39 is 5.97 Å². The molecule has 19 heavy (non-hydrogen) atoms. The summed E-state index contributed by atoms with van der Waals surface area (Å²) in [6, 6.07) is 5.61. The average Bonchev–Trinajstić information content (AvgIpc) is 3.03. The number of aliphatic carboxylic acids is 1. The van der Waals surface area contributed by atoms with Crippen molar-refractivity contribution in [2.24, 2.45) is 0 Å². The van der Waals surface area contributed by atoms with Gasteiger partial charge in [0.1, 0.15) is 11.4 Å². The SMILES string of the molecule is CCN(CC(=O)O)C(=O)c1sccc1-n1cccc1. The fourth-order valence-corrected chi connectivity index (χ4v) is 2.65. The van der Waals surface area contributed by atoms with Gasteiger partial charge in [0.2, 0.25) is 0 Å². The van der Waals surface area contributed by atoms with Gasteiger partial charge in [-0.15, -0.1) is 11.3 Å². The molecule has 1 N–H and O–H groups in total. The van der Waals surface area contributed by atoms with E-state index in [0.717, 1.165) is 5.69 Å². The summed E-state index contributed by atoms with van der Waals surface area (Å²) in [5.74, 6) is -1.25. The normalized spacial score (nSPS) is 10.4. The highest BCUT2D eigenvalue weighted by Crippen LogP contribution is 2.23. The first-order valence-electron chi connectivity index (χ1n) is 5.85. The second-order valence-electron chi connectivity index (χ2n) is 3.94. The number of carboxylic acids is 1. The zero-order valence-corrected chi connectivity index (χ0v) is 11.3. The van der Waals surface area contributed by atoms with E-state index in [9.17, 15) is 9.59 Å². The number of carbonyl (C=O) groups is 2. The van der Waals surface area contributed by atoms with Crippen LogP contribution in [0.1, 0.15) is 16.6 Å². The Morgan fingerprint density at radius 3 is 2.63 bits per heavy atom. The molecule has 0 aliphatic rings. The third-order valence-corrected chi connectivity index (χ3v) is 3.61. The van der Waals surface area contributed by atoms with Crippen LogP contribution < -0.4 is 0 Å². The zero-order valence-electron chi connectivity index (χ0n) is 10.4. The summed E-state index contributed by atoms with van der Waals surface area (Å²) in [5, 5.41) is 10.6. The van der Waals surface area contributed by atoms with E-state index in [0.29, 0.717) is 11.4 Å². The van der Waals surface area contributed by atoms with E-state index in [-0.39, 0.29) is 12.5 Å². The van der Waals surface area contributed by atoms with Crippen LogP contribution in [0.5, 0.6) is 0 Å². The van der Waals surface area contributed by atoms with Crippen LogP contribution >= 0.6 is 11.3 Å². The van der Waals surface area contributed by atoms with Crippen molar-refractivity contribution < 1.29 is 14.7 Å². The first kappa shape index (κ1) is 13.4. The lowest BCUT2D eigenvalue weighted by Gasteiger charge is -2.18. The molecule has 0 atom stereocenters. The fraction of sp³-hybridized carbons (Fsp3) is 0.231. The van der Waals surface area contributed by atoms with E-state index in [1.54, 1.807) is 6.92 Å². The van der Waals surface area contributed by atoms with Crippen molar-refractivity contribution in [2.75, 3.05) is 13.1 Å². The maximum absolute atomic E-state index is 12.3.